The molecule has 0 N–H and O–H groups in total. The van der Waals surface area contributed by atoms with E-state index in [2.05, 4.69) is 23.6 Å². The van der Waals surface area contributed by atoms with Gasteiger partial charge < -0.3 is 4.74 Å². The maximum absolute atomic E-state index is 11.9. The van der Waals surface area contributed by atoms with Crippen LogP contribution in [0.5, 0.6) is 0 Å². The molecule has 0 aromatic carbocycles. The van der Waals surface area contributed by atoms with E-state index >= 15 is 0 Å². The second kappa shape index (κ2) is 6.02. The Balaban J connectivity index is 1.89. The first-order chi connectivity index (χ1) is 8.67. The molecule has 104 valence electrons. The highest BCUT2D eigenvalue weighted by atomic mass is 16.5. The molecule has 0 bridgehead atoms. The van der Waals surface area contributed by atoms with E-state index in [1.165, 1.54) is 26.4 Å². The van der Waals surface area contributed by atoms with E-state index in [1.54, 1.807) is 0 Å². The molecule has 2 rings (SSSR count). The molecule has 2 fully saturated rings. The molecule has 4 nitrogen and oxygen atoms in total. The van der Waals surface area contributed by atoms with Crippen molar-refractivity contribution in [3.05, 3.63) is 0 Å². The highest BCUT2D eigenvalue weighted by molar-refractivity contribution is 5.76. The Bertz CT molecular complexity index is 284. The van der Waals surface area contributed by atoms with Crippen LogP contribution < -0.4 is 0 Å². The van der Waals surface area contributed by atoms with Gasteiger partial charge in [0.25, 0.3) is 0 Å². The zero-order chi connectivity index (χ0) is 13.1. The summed E-state index contributed by atoms with van der Waals surface area (Å²) in [5.74, 6) is 0.516. The van der Waals surface area contributed by atoms with E-state index in [-0.39, 0.29) is 12.0 Å². The second-order valence-corrected chi connectivity index (χ2v) is 5.63. The van der Waals surface area contributed by atoms with Crippen LogP contribution in [0.3, 0.4) is 0 Å². The Labute approximate surface area is 110 Å². The summed E-state index contributed by atoms with van der Waals surface area (Å²) >= 11 is 0. The molecule has 2 atom stereocenters. The minimum atomic E-state index is -0.0329. The van der Waals surface area contributed by atoms with Crippen LogP contribution in [-0.4, -0.2) is 61.1 Å². The maximum atomic E-state index is 11.9. The first-order valence-corrected chi connectivity index (χ1v) is 7.23. The van der Waals surface area contributed by atoms with E-state index in [4.69, 9.17) is 4.74 Å². The fourth-order valence-electron chi connectivity index (χ4n) is 2.89. The predicted molar refractivity (Wildman–Crippen MR) is 71.4 cm³/mol. The molecule has 0 aromatic heterocycles. The van der Waals surface area contributed by atoms with Crippen LogP contribution in [0.1, 0.15) is 33.1 Å². The zero-order valence-corrected chi connectivity index (χ0v) is 11.9. The van der Waals surface area contributed by atoms with Gasteiger partial charge in [-0.25, -0.2) is 0 Å². The van der Waals surface area contributed by atoms with E-state index in [0.29, 0.717) is 12.0 Å². The highest BCUT2D eigenvalue weighted by Crippen LogP contribution is 2.36. The fraction of sp³-hybridized carbons (Fsp3) is 0.929. The highest BCUT2D eigenvalue weighted by Gasteiger charge is 2.41. The van der Waals surface area contributed by atoms with Crippen molar-refractivity contribution in [3.63, 3.8) is 0 Å². The van der Waals surface area contributed by atoms with Crippen molar-refractivity contribution < 1.29 is 9.53 Å². The third-order valence-electron chi connectivity index (χ3n) is 4.47. The van der Waals surface area contributed by atoms with Crippen LogP contribution in [0.4, 0.5) is 0 Å². The van der Waals surface area contributed by atoms with Gasteiger partial charge in [-0.3, -0.25) is 14.6 Å². The summed E-state index contributed by atoms with van der Waals surface area (Å²) in [6.07, 6.45) is 3.57. The lowest BCUT2D eigenvalue weighted by Crippen LogP contribution is -2.55. The summed E-state index contributed by atoms with van der Waals surface area (Å²) in [5.41, 5.74) is 0. The van der Waals surface area contributed by atoms with Crippen LogP contribution >= 0.6 is 0 Å². The van der Waals surface area contributed by atoms with Crippen molar-refractivity contribution in [2.75, 3.05) is 33.3 Å². The molecular formula is C14H26N2O2. The van der Waals surface area contributed by atoms with Crippen molar-refractivity contribution in [2.45, 2.75) is 45.2 Å². The van der Waals surface area contributed by atoms with Crippen LogP contribution in [0.15, 0.2) is 0 Å². The molecule has 0 aromatic rings. The summed E-state index contributed by atoms with van der Waals surface area (Å²) in [6, 6.07) is 0.679. The minimum Gasteiger partial charge on any atom is -0.468 e. The van der Waals surface area contributed by atoms with E-state index in [1.807, 2.05) is 0 Å². The van der Waals surface area contributed by atoms with Crippen molar-refractivity contribution in [3.8, 4) is 0 Å². The summed E-state index contributed by atoms with van der Waals surface area (Å²) in [4.78, 5) is 16.7. The van der Waals surface area contributed by atoms with Crippen LogP contribution in [0.25, 0.3) is 0 Å². The molecule has 2 unspecified atom stereocenters. The molecule has 1 heterocycles. The lowest BCUT2D eigenvalue weighted by atomic mass is 10.1. The molecule has 1 aliphatic heterocycles. The van der Waals surface area contributed by atoms with Crippen molar-refractivity contribution in [1.29, 1.82) is 0 Å². The average molecular weight is 254 g/mol. The molecule has 4 heteroatoms. The Kier molecular flexibility index (Phi) is 4.62. The number of carbonyl (C=O) groups excluding carboxylic acids is 1. The summed E-state index contributed by atoms with van der Waals surface area (Å²) < 4.78 is 4.97. The lowest BCUT2D eigenvalue weighted by Gasteiger charge is -2.40. The molecule has 2 aliphatic rings. The number of carbonyl (C=O) groups is 1. The standard InChI is InChI=1S/C14H26N2O2/c1-4-11(2)15-7-9-16(10-8-15)13(12-5-6-12)14(17)18-3/h11-13H,4-10H2,1-3H3. The second-order valence-electron chi connectivity index (χ2n) is 5.63. The summed E-state index contributed by atoms with van der Waals surface area (Å²) in [5, 5.41) is 0. The van der Waals surface area contributed by atoms with Gasteiger partial charge in [-0.1, -0.05) is 6.92 Å². The Morgan fingerprint density at radius 2 is 1.78 bits per heavy atom. The fourth-order valence-corrected chi connectivity index (χ4v) is 2.89. The van der Waals surface area contributed by atoms with Gasteiger partial charge in [0, 0.05) is 32.2 Å². The van der Waals surface area contributed by atoms with Gasteiger partial charge in [0.2, 0.25) is 0 Å². The molecule has 1 saturated carbocycles. The van der Waals surface area contributed by atoms with Crippen molar-refractivity contribution in [1.82, 2.24) is 9.80 Å². The number of hydrogen-bond donors (Lipinski definition) is 0. The van der Waals surface area contributed by atoms with Crippen molar-refractivity contribution >= 4 is 5.97 Å². The van der Waals surface area contributed by atoms with E-state index in [9.17, 15) is 4.79 Å². The smallest absolute Gasteiger partial charge is 0.323 e. The normalized spacial score (nSPS) is 25.7. The lowest BCUT2D eigenvalue weighted by molar-refractivity contribution is -0.148. The topological polar surface area (TPSA) is 32.8 Å². The molecule has 1 aliphatic carbocycles. The van der Waals surface area contributed by atoms with Crippen molar-refractivity contribution in [2.24, 2.45) is 5.92 Å². The monoisotopic (exact) mass is 254 g/mol. The number of methoxy groups -OCH3 is 1. The third kappa shape index (κ3) is 3.04. The summed E-state index contributed by atoms with van der Waals surface area (Å²) in [6.45, 7) is 8.68. The van der Waals surface area contributed by atoms with Gasteiger partial charge in [-0.15, -0.1) is 0 Å². The van der Waals surface area contributed by atoms with E-state index in [0.717, 1.165) is 26.2 Å². The predicted octanol–water partition coefficient (Wildman–Crippen LogP) is 1.35. The molecule has 1 saturated heterocycles. The number of piperazine rings is 1. The number of rotatable bonds is 5. The Morgan fingerprint density at radius 1 is 1.22 bits per heavy atom. The SMILES string of the molecule is CCC(C)N1CCN(C(C(=O)OC)C2CC2)CC1. The van der Waals surface area contributed by atoms with Gasteiger partial charge >= 0.3 is 5.97 Å². The largest absolute Gasteiger partial charge is 0.468 e. The number of nitrogens with zero attached hydrogens (tertiary/aromatic N) is 2. The summed E-state index contributed by atoms with van der Waals surface area (Å²) in [7, 11) is 1.51. The van der Waals surface area contributed by atoms with Gasteiger partial charge in [0.1, 0.15) is 6.04 Å². The minimum absolute atomic E-state index is 0.0223. The average Bonchev–Trinajstić information content (AvgIpc) is 3.23. The molecule has 0 amide bonds. The molecular weight excluding hydrogens is 228 g/mol. The first-order valence-electron chi connectivity index (χ1n) is 7.23. The third-order valence-corrected chi connectivity index (χ3v) is 4.47. The number of hydrogen-bond acceptors (Lipinski definition) is 4. The first kappa shape index (κ1) is 13.8. The molecule has 0 spiro atoms. The quantitative estimate of drug-likeness (QED) is 0.693. The van der Waals surface area contributed by atoms with Gasteiger partial charge in [-0.2, -0.15) is 0 Å². The Morgan fingerprint density at radius 3 is 2.22 bits per heavy atom. The van der Waals surface area contributed by atoms with Gasteiger partial charge in [0.15, 0.2) is 0 Å². The molecule has 18 heavy (non-hydrogen) atoms. The van der Waals surface area contributed by atoms with Gasteiger partial charge in [0.05, 0.1) is 7.11 Å². The Hall–Kier alpha value is -0.610. The van der Waals surface area contributed by atoms with Gasteiger partial charge in [-0.05, 0) is 32.1 Å². The molecule has 0 radical (unpaired) electrons. The van der Waals surface area contributed by atoms with Crippen LogP contribution in [-0.2, 0) is 9.53 Å². The number of ether oxygens (including phenoxy) is 1. The zero-order valence-electron chi connectivity index (χ0n) is 11.9. The number of esters is 1. The van der Waals surface area contributed by atoms with Crippen LogP contribution in [0.2, 0.25) is 0 Å². The van der Waals surface area contributed by atoms with Crippen LogP contribution in [0, 0.1) is 5.92 Å². The van der Waals surface area contributed by atoms with E-state index < -0.39 is 0 Å². The maximum Gasteiger partial charge on any atom is 0.323 e.